The number of hydrogen-bond donors (Lipinski definition) is 1. The Hall–Kier alpha value is -0.470. The minimum absolute atomic E-state index is 0.946. The average Bonchev–Trinajstić information content (AvgIpc) is 2.20. The Bertz CT molecular complexity index is 206. The molecule has 1 rings (SSSR count). The molecule has 1 aromatic carbocycles. The van der Waals surface area contributed by atoms with Crippen molar-refractivity contribution in [3.8, 4) is 0 Å². The highest BCUT2D eigenvalue weighted by Gasteiger charge is 1.89. The molecular weight excluding hydrogens is 178 g/mol. The van der Waals surface area contributed by atoms with Gasteiger partial charge in [-0.3, -0.25) is 4.72 Å². The Morgan fingerprint density at radius 2 is 1.69 bits per heavy atom. The van der Waals surface area contributed by atoms with Gasteiger partial charge in [0.05, 0.1) is 0 Å². The Balaban J connectivity index is 0.000000671. The molecule has 74 valence electrons. The fourth-order valence-electron chi connectivity index (χ4n) is 0.861. The van der Waals surface area contributed by atoms with Crippen molar-refractivity contribution in [2.45, 2.75) is 27.3 Å². The minimum atomic E-state index is 0.946. The predicted molar refractivity (Wildman–Crippen MR) is 62.9 cm³/mol. The first-order chi connectivity index (χ1) is 6.33. The summed E-state index contributed by atoms with van der Waals surface area (Å²) in [6, 6.07) is 8.58. The lowest BCUT2D eigenvalue weighted by Crippen LogP contribution is -2.01. The van der Waals surface area contributed by atoms with E-state index in [1.54, 1.807) is 11.9 Å². The van der Waals surface area contributed by atoms with Gasteiger partial charge in [-0.25, -0.2) is 0 Å². The summed E-state index contributed by atoms with van der Waals surface area (Å²) in [4.78, 5) is 0. The Morgan fingerprint density at radius 1 is 1.15 bits per heavy atom. The average molecular weight is 197 g/mol. The van der Waals surface area contributed by atoms with Crippen LogP contribution in [-0.2, 0) is 6.54 Å². The maximum atomic E-state index is 3.20. The van der Waals surface area contributed by atoms with E-state index in [9.17, 15) is 0 Å². The molecule has 0 amide bonds. The molecule has 0 aromatic heterocycles. The van der Waals surface area contributed by atoms with Crippen molar-refractivity contribution in [1.29, 1.82) is 0 Å². The van der Waals surface area contributed by atoms with Gasteiger partial charge in [-0.2, -0.15) is 0 Å². The summed E-state index contributed by atoms with van der Waals surface area (Å²) < 4.78 is 3.20. The smallest absolute Gasteiger partial charge is 0.0309 e. The highest BCUT2D eigenvalue weighted by molar-refractivity contribution is 7.96. The van der Waals surface area contributed by atoms with Gasteiger partial charge in [-0.05, 0) is 18.7 Å². The Morgan fingerprint density at radius 3 is 2.15 bits per heavy atom. The molecule has 0 atom stereocenters. The molecule has 1 N–H and O–H groups in total. The van der Waals surface area contributed by atoms with Crippen LogP contribution in [0.3, 0.4) is 0 Å². The molecular formula is C11H19NS. The van der Waals surface area contributed by atoms with Crippen LogP contribution in [0.15, 0.2) is 24.3 Å². The molecule has 1 aromatic rings. The summed E-state index contributed by atoms with van der Waals surface area (Å²) in [6.07, 6.45) is 2.04. The van der Waals surface area contributed by atoms with Crippen molar-refractivity contribution in [3.05, 3.63) is 35.4 Å². The number of aryl methyl sites for hydroxylation is 1. The second-order valence-electron chi connectivity index (χ2n) is 2.51. The van der Waals surface area contributed by atoms with Crippen LogP contribution in [0.4, 0.5) is 0 Å². The quantitative estimate of drug-likeness (QED) is 0.745. The van der Waals surface area contributed by atoms with E-state index in [1.165, 1.54) is 11.1 Å². The van der Waals surface area contributed by atoms with Gasteiger partial charge >= 0.3 is 0 Å². The van der Waals surface area contributed by atoms with E-state index in [-0.39, 0.29) is 0 Å². The topological polar surface area (TPSA) is 12.0 Å². The van der Waals surface area contributed by atoms with E-state index < -0.39 is 0 Å². The molecule has 0 heterocycles. The van der Waals surface area contributed by atoms with Crippen LogP contribution in [-0.4, -0.2) is 6.26 Å². The summed E-state index contributed by atoms with van der Waals surface area (Å²) in [5, 5.41) is 0. The van der Waals surface area contributed by atoms with Crippen LogP contribution in [0.2, 0.25) is 0 Å². The second kappa shape index (κ2) is 8.14. The number of hydrogen-bond acceptors (Lipinski definition) is 2. The molecule has 0 saturated carbocycles. The predicted octanol–water partition coefficient (Wildman–Crippen LogP) is 3.39. The summed E-state index contributed by atoms with van der Waals surface area (Å²) in [5.41, 5.74) is 2.66. The first kappa shape index (κ1) is 12.5. The van der Waals surface area contributed by atoms with Gasteiger partial charge < -0.3 is 0 Å². The number of benzene rings is 1. The van der Waals surface area contributed by atoms with E-state index in [1.807, 2.05) is 20.1 Å². The molecule has 2 heteroatoms. The summed E-state index contributed by atoms with van der Waals surface area (Å²) >= 11 is 1.65. The maximum absolute atomic E-state index is 3.20. The molecule has 0 unspecified atom stereocenters. The lowest BCUT2D eigenvalue weighted by Gasteiger charge is -2.00. The molecule has 0 radical (unpaired) electrons. The molecule has 0 saturated heterocycles. The van der Waals surface area contributed by atoms with Gasteiger partial charge in [0, 0.05) is 6.54 Å². The third-order valence-electron chi connectivity index (χ3n) is 1.54. The van der Waals surface area contributed by atoms with E-state index in [0.717, 1.165) is 6.54 Å². The van der Waals surface area contributed by atoms with Crippen LogP contribution < -0.4 is 4.72 Å². The van der Waals surface area contributed by atoms with Crippen LogP contribution in [0.1, 0.15) is 25.0 Å². The monoisotopic (exact) mass is 197 g/mol. The fraction of sp³-hybridized carbons (Fsp3) is 0.455. The van der Waals surface area contributed by atoms with Gasteiger partial charge in [0.1, 0.15) is 0 Å². The van der Waals surface area contributed by atoms with Gasteiger partial charge in [0.2, 0.25) is 0 Å². The largest absolute Gasteiger partial charge is 0.260 e. The van der Waals surface area contributed by atoms with Crippen LogP contribution >= 0.6 is 11.9 Å². The van der Waals surface area contributed by atoms with Crippen LogP contribution in [0.5, 0.6) is 0 Å². The van der Waals surface area contributed by atoms with Gasteiger partial charge in [0.25, 0.3) is 0 Å². The highest BCUT2D eigenvalue weighted by Crippen LogP contribution is 2.03. The van der Waals surface area contributed by atoms with Crippen LogP contribution in [0.25, 0.3) is 0 Å². The first-order valence-corrected chi connectivity index (χ1v) is 5.87. The molecule has 13 heavy (non-hydrogen) atoms. The number of nitrogens with one attached hydrogen (secondary N) is 1. The van der Waals surface area contributed by atoms with Crippen molar-refractivity contribution < 1.29 is 0 Å². The second-order valence-corrected chi connectivity index (χ2v) is 3.21. The SMILES string of the molecule is CC.CSNCc1ccc(C)cc1. The molecule has 1 nitrogen and oxygen atoms in total. The lowest BCUT2D eigenvalue weighted by molar-refractivity contribution is 0.978. The van der Waals surface area contributed by atoms with E-state index in [4.69, 9.17) is 0 Å². The number of rotatable bonds is 3. The molecule has 0 spiro atoms. The first-order valence-electron chi connectivity index (χ1n) is 4.64. The lowest BCUT2D eigenvalue weighted by atomic mass is 10.2. The minimum Gasteiger partial charge on any atom is -0.260 e. The molecule has 0 fully saturated rings. The zero-order valence-electron chi connectivity index (χ0n) is 8.92. The molecule has 0 bridgehead atoms. The molecule has 0 aliphatic carbocycles. The van der Waals surface area contributed by atoms with Crippen molar-refractivity contribution in [1.82, 2.24) is 4.72 Å². The van der Waals surface area contributed by atoms with Crippen molar-refractivity contribution in [2.24, 2.45) is 0 Å². The van der Waals surface area contributed by atoms with Gasteiger partial charge in [-0.1, -0.05) is 55.6 Å². The summed E-state index contributed by atoms with van der Waals surface area (Å²) in [5.74, 6) is 0. The summed E-state index contributed by atoms with van der Waals surface area (Å²) in [7, 11) is 0. The highest BCUT2D eigenvalue weighted by atomic mass is 32.2. The van der Waals surface area contributed by atoms with E-state index in [2.05, 4.69) is 35.9 Å². The van der Waals surface area contributed by atoms with E-state index in [0.29, 0.717) is 0 Å². The third-order valence-corrected chi connectivity index (χ3v) is 1.97. The van der Waals surface area contributed by atoms with Crippen molar-refractivity contribution in [3.63, 3.8) is 0 Å². The molecule has 0 aliphatic heterocycles. The fourth-order valence-corrected chi connectivity index (χ4v) is 1.17. The van der Waals surface area contributed by atoms with Gasteiger partial charge in [0.15, 0.2) is 0 Å². The standard InChI is InChI=1S/C9H13NS.C2H6/c1-8-3-5-9(6-4-8)7-10-11-2;1-2/h3-6,10H,7H2,1-2H3;1-2H3. The van der Waals surface area contributed by atoms with Gasteiger partial charge in [-0.15, -0.1) is 0 Å². The maximum Gasteiger partial charge on any atom is 0.0309 e. The Labute approximate surface area is 86.1 Å². The third kappa shape index (κ3) is 5.72. The molecule has 0 aliphatic rings. The van der Waals surface area contributed by atoms with E-state index >= 15 is 0 Å². The normalized spacial score (nSPS) is 8.92. The zero-order valence-corrected chi connectivity index (χ0v) is 9.74. The van der Waals surface area contributed by atoms with Crippen molar-refractivity contribution >= 4 is 11.9 Å². The Kier molecular flexibility index (Phi) is 7.85. The summed E-state index contributed by atoms with van der Waals surface area (Å²) in [6.45, 7) is 7.05. The van der Waals surface area contributed by atoms with Crippen molar-refractivity contribution in [2.75, 3.05) is 6.26 Å². The van der Waals surface area contributed by atoms with Crippen LogP contribution in [0, 0.1) is 6.92 Å². The zero-order chi connectivity index (χ0) is 10.1.